The first-order chi connectivity index (χ1) is 8.25. The van der Waals surface area contributed by atoms with E-state index in [1.807, 2.05) is 20.8 Å². The van der Waals surface area contributed by atoms with Gasteiger partial charge in [-0.1, -0.05) is 32.4 Å². The number of fused-ring (bicyclic) bond motifs is 1. The van der Waals surface area contributed by atoms with Crippen molar-refractivity contribution < 1.29 is 8.42 Å². The summed E-state index contributed by atoms with van der Waals surface area (Å²) in [5.74, 6) is 6.23. The molecule has 1 atom stereocenters. The SMILES string of the molecule is CC(C)C(C)C1=Nc2cc(Cl)sc2S(=O)(=O)N1N. The van der Waals surface area contributed by atoms with Gasteiger partial charge in [0.15, 0.2) is 4.21 Å². The van der Waals surface area contributed by atoms with E-state index in [2.05, 4.69) is 4.99 Å². The largest absolute Gasteiger partial charge is 0.290 e. The number of hydrogen-bond donors (Lipinski definition) is 1. The molecular formula is C10H14ClN3O2S2. The summed E-state index contributed by atoms with van der Waals surface area (Å²) in [4.78, 5) is 4.33. The van der Waals surface area contributed by atoms with Crippen molar-refractivity contribution in [1.82, 2.24) is 4.41 Å². The number of thiophene rings is 1. The number of nitrogens with two attached hydrogens (primary N) is 1. The van der Waals surface area contributed by atoms with Crippen LogP contribution >= 0.6 is 22.9 Å². The van der Waals surface area contributed by atoms with Crippen molar-refractivity contribution in [1.29, 1.82) is 0 Å². The summed E-state index contributed by atoms with van der Waals surface area (Å²) < 4.78 is 25.7. The Balaban J connectivity index is 2.62. The predicted octanol–water partition coefficient (Wildman–Crippen LogP) is 2.60. The van der Waals surface area contributed by atoms with Gasteiger partial charge in [0.25, 0.3) is 10.0 Å². The van der Waals surface area contributed by atoms with Gasteiger partial charge in [-0.3, -0.25) is 0 Å². The van der Waals surface area contributed by atoms with Crippen LogP contribution in [0.5, 0.6) is 0 Å². The maximum atomic E-state index is 12.2. The second-order valence-electron chi connectivity index (χ2n) is 4.53. The molecule has 18 heavy (non-hydrogen) atoms. The first-order valence-electron chi connectivity index (χ1n) is 5.43. The van der Waals surface area contributed by atoms with Crippen molar-refractivity contribution in [2.24, 2.45) is 22.7 Å². The minimum atomic E-state index is -3.71. The topological polar surface area (TPSA) is 75.8 Å². The molecule has 1 aliphatic heterocycles. The fraction of sp³-hybridized carbons (Fsp3) is 0.500. The van der Waals surface area contributed by atoms with Crippen molar-refractivity contribution in [3.05, 3.63) is 10.4 Å². The molecule has 2 rings (SSSR count). The van der Waals surface area contributed by atoms with Crippen LogP contribution in [0.2, 0.25) is 4.34 Å². The minimum Gasteiger partial charge on any atom is -0.232 e. The molecule has 8 heteroatoms. The first-order valence-corrected chi connectivity index (χ1v) is 8.06. The molecule has 100 valence electrons. The van der Waals surface area contributed by atoms with E-state index in [0.29, 0.717) is 15.9 Å². The summed E-state index contributed by atoms with van der Waals surface area (Å²) in [6.45, 7) is 5.88. The number of aliphatic imine (C=N–C) groups is 1. The summed E-state index contributed by atoms with van der Waals surface area (Å²) in [7, 11) is -3.71. The molecule has 1 unspecified atom stereocenters. The van der Waals surface area contributed by atoms with E-state index in [-0.39, 0.29) is 16.0 Å². The van der Waals surface area contributed by atoms with E-state index >= 15 is 0 Å². The summed E-state index contributed by atoms with van der Waals surface area (Å²) >= 11 is 6.81. The molecule has 1 aliphatic rings. The molecule has 0 spiro atoms. The van der Waals surface area contributed by atoms with Gasteiger partial charge in [-0.05, 0) is 12.0 Å². The third-order valence-electron chi connectivity index (χ3n) is 3.01. The number of rotatable bonds is 2. The molecule has 2 heterocycles. The Bertz CT molecular complexity index is 607. The third-order valence-corrected chi connectivity index (χ3v) is 6.32. The van der Waals surface area contributed by atoms with E-state index in [4.69, 9.17) is 17.4 Å². The molecule has 0 bridgehead atoms. The molecule has 2 N–H and O–H groups in total. The zero-order valence-corrected chi connectivity index (χ0v) is 12.6. The average Bonchev–Trinajstić information content (AvgIpc) is 2.65. The monoisotopic (exact) mass is 307 g/mol. The highest BCUT2D eigenvalue weighted by Crippen LogP contribution is 2.41. The second kappa shape index (κ2) is 4.48. The summed E-state index contributed by atoms with van der Waals surface area (Å²) in [6.07, 6.45) is 0. The predicted molar refractivity (Wildman–Crippen MR) is 73.6 cm³/mol. The van der Waals surface area contributed by atoms with Crippen LogP contribution in [0.3, 0.4) is 0 Å². The molecule has 0 aromatic carbocycles. The van der Waals surface area contributed by atoms with Gasteiger partial charge in [0.2, 0.25) is 0 Å². The maximum absolute atomic E-state index is 12.2. The smallest absolute Gasteiger partial charge is 0.232 e. The molecule has 0 aliphatic carbocycles. The van der Waals surface area contributed by atoms with Crippen LogP contribution in [-0.2, 0) is 10.0 Å². The molecule has 0 amide bonds. The van der Waals surface area contributed by atoms with E-state index in [9.17, 15) is 8.42 Å². The lowest BCUT2D eigenvalue weighted by Crippen LogP contribution is -2.47. The lowest BCUT2D eigenvalue weighted by atomic mass is 9.97. The van der Waals surface area contributed by atoms with Gasteiger partial charge < -0.3 is 0 Å². The average molecular weight is 308 g/mol. The van der Waals surface area contributed by atoms with Gasteiger partial charge in [-0.2, -0.15) is 12.8 Å². The second-order valence-corrected chi connectivity index (χ2v) is 8.22. The minimum absolute atomic E-state index is 0.0587. The quantitative estimate of drug-likeness (QED) is 0.853. The first kappa shape index (κ1) is 13.8. The molecule has 1 aromatic heterocycles. The zero-order chi connectivity index (χ0) is 13.7. The van der Waals surface area contributed by atoms with E-state index in [0.717, 1.165) is 15.8 Å². The summed E-state index contributed by atoms with van der Waals surface area (Å²) in [5.41, 5.74) is 0.384. The van der Waals surface area contributed by atoms with Gasteiger partial charge in [0, 0.05) is 5.92 Å². The Labute approximate surface area is 115 Å². The number of halogens is 1. The van der Waals surface area contributed by atoms with Crippen molar-refractivity contribution >= 4 is 44.5 Å². The van der Waals surface area contributed by atoms with Gasteiger partial charge in [-0.25, -0.2) is 10.8 Å². The van der Waals surface area contributed by atoms with Gasteiger partial charge in [0.1, 0.15) is 5.84 Å². The van der Waals surface area contributed by atoms with Crippen molar-refractivity contribution in [3.8, 4) is 0 Å². The van der Waals surface area contributed by atoms with Crippen molar-refractivity contribution in [3.63, 3.8) is 0 Å². The Hall–Kier alpha value is -0.630. The van der Waals surface area contributed by atoms with Crippen LogP contribution in [0.4, 0.5) is 5.69 Å². The Morgan fingerprint density at radius 1 is 1.44 bits per heavy atom. The number of hydrogen-bond acceptors (Lipinski definition) is 5. The van der Waals surface area contributed by atoms with Crippen LogP contribution in [-0.4, -0.2) is 18.7 Å². The molecule has 0 saturated carbocycles. The molecule has 5 nitrogen and oxygen atoms in total. The standard InChI is InChI=1S/C10H14ClN3O2S2/c1-5(2)6(3)9-13-7-4-8(11)17-10(7)18(15,16)14(9)12/h4-6H,12H2,1-3H3. The lowest BCUT2D eigenvalue weighted by Gasteiger charge is -2.29. The lowest BCUT2D eigenvalue weighted by molar-refractivity contribution is 0.467. The Kier molecular flexibility index (Phi) is 3.44. The van der Waals surface area contributed by atoms with Crippen LogP contribution < -0.4 is 5.84 Å². The Morgan fingerprint density at radius 3 is 2.61 bits per heavy atom. The third kappa shape index (κ3) is 2.05. The fourth-order valence-electron chi connectivity index (χ4n) is 1.59. The van der Waals surface area contributed by atoms with Gasteiger partial charge >= 0.3 is 0 Å². The summed E-state index contributed by atoms with van der Waals surface area (Å²) in [5, 5.41) is 0. The van der Waals surface area contributed by atoms with Crippen LogP contribution in [0, 0.1) is 11.8 Å². The zero-order valence-electron chi connectivity index (χ0n) is 10.2. The van der Waals surface area contributed by atoms with Crippen molar-refractivity contribution in [2.75, 3.05) is 0 Å². The number of sulfonamides is 1. The molecule has 0 fully saturated rings. The highest BCUT2D eigenvalue weighted by atomic mass is 35.5. The Morgan fingerprint density at radius 2 is 2.06 bits per heavy atom. The highest BCUT2D eigenvalue weighted by Gasteiger charge is 2.37. The van der Waals surface area contributed by atoms with Crippen LogP contribution in [0.25, 0.3) is 0 Å². The fourth-order valence-corrected chi connectivity index (χ4v) is 4.55. The van der Waals surface area contributed by atoms with E-state index < -0.39 is 10.0 Å². The van der Waals surface area contributed by atoms with E-state index in [1.54, 1.807) is 6.07 Å². The molecule has 1 aromatic rings. The highest BCUT2D eigenvalue weighted by molar-refractivity contribution is 7.92. The molecular weight excluding hydrogens is 294 g/mol. The molecule has 0 radical (unpaired) electrons. The number of amidine groups is 1. The van der Waals surface area contributed by atoms with E-state index in [1.165, 1.54) is 0 Å². The summed E-state index contributed by atoms with van der Waals surface area (Å²) in [6, 6.07) is 1.55. The van der Waals surface area contributed by atoms with Crippen LogP contribution in [0.1, 0.15) is 20.8 Å². The number of hydrazine groups is 1. The van der Waals surface area contributed by atoms with Gasteiger partial charge in [0.05, 0.1) is 10.0 Å². The maximum Gasteiger partial charge on any atom is 0.290 e. The van der Waals surface area contributed by atoms with Crippen molar-refractivity contribution in [2.45, 2.75) is 25.0 Å². The molecule has 0 saturated heterocycles. The van der Waals surface area contributed by atoms with Crippen LogP contribution in [0.15, 0.2) is 15.3 Å². The van der Waals surface area contributed by atoms with Gasteiger partial charge in [-0.15, -0.1) is 11.3 Å². The number of nitrogens with zero attached hydrogens (tertiary/aromatic N) is 2. The normalized spacial score (nSPS) is 19.7.